The van der Waals surface area contributed by atoms with Crippen molar-refractivity contribution in [1.82, 2.24) is 9.88 Å². The van der Waals surface area contributed by atoms with Crippen molar-refractivity contribution >= 4 is 68.4 Å². The molecule has 2 aliphatic rings. The molecule has 0 saturated carbocycles. The van der Waals surface area contributed by atoms with Crippen LogP contribution in [0, 0.1) is 0 Å². The highest BCUT2D eigenvalue weighted by atomic mass is 35.5. The lowest BCUT2D eigenvalue weighted by molar-refractivity contribution is -0.117. The Morgan fingerprint density at radius 2 is 1.94 bits per heavy atom. The molecule has 180 valence electrons. The van der Waals surface area contributed by atoms with E-state index in [1.165, 1.54) is 6.42 Å². The summed E-state index contributed by atoms with van der Waals surface area (Å²) in [5.41, 5.74) is 1.31. The van der Waals surface area contributed by atoms with Gasteiger partial charge >= 0.3 is 0 Å². The number of hydrogen-bond donors (Lipinski definition) is 3. The summed E-state index contributed by atoms with van der Waals surface area (Å²) in [6, 6.07) is 10.2. The Bertz CT molecular complexity index is 1450. The molecular formula is C24H21Cl2N5O3S. The molecule has 11 heteroatoms. The molecule has 3 heterocycles. The number of rotatable bonds is 6. The number of thiazole rings is 1. The third-order valence-corrected chi connectivity index (χ3v) is 7.63. The lowest BCUT2D eigenvalue weighted by atomic mass is 10.1. The molecular weight excluding hydrogens is 509 g/mol. The standard InChI is InChI=1S/C24H21Cl2N5O3S/c25-15-5-4-6-17(20(15)26)29-24-30-23(34)21(35-24)19-14-11-13(7-8-16(14)28-22(19)33)27-18(32)12-31-9-2-1-3-10-31/h4-8,11,34H,1-3,9-10,12H2,(H,27,32)(H,29,30). The van der Waals surface area contributed by atoms with Gasteiger partial charge in [-0.2, -0.15) is 4.98 Å². The molecule has 1 saturated heterocycles. The van der Waals surface area contributed by atoms with Crippen LogP contribution >= 0.6 is 34.5 Å². The minimum Gasteiger partial charge on any atom is -0.492 e. The van der Waals surface area contributed by atoms with Crippen molar-refractivity contribution in [3.63, 3.8) is 0 Å². The maximum absolute atomic E-state index is 12.8. The van der Waals surface area contributed by atoms with Crippen LogP contribution < -0.4 is 21.2 Å². The zero-order chi connectivity index (χ0) is 24.5. The van der Waals surface area contributed by atoms with Gasteiger partial charge in [-0.15, -0.1) is 0 Å². The Hall–Kier alpha value is -2.98. The average molecular weight is 530 g/mol. The van der Waals surface area contributed by atoms with Crippen LogP contribution in [0.1, 0.15) is 24.1 Å². The quantitative estimate of drug-likeness (QED) is 0.449. The second-order valence-corrected chi connectivity index (χ2v) is 10.1. The van der Waals surface area contributed by atoms with Gasteiger partial charge in [0.25, 0.3) is 5.91 Å². The van der Waals surface area contributed by atoms with E-state index in [-0.39, 0.29) is 22.2 Å². The van der Waals surface area contributed by atoms with Crippen LogP contribution in [0.3, 0.4) is 0 Å². The number of amides is 2. The maximum atomic E-state index is 12.8. The molecule has 2 amide bonds. The van der Waals surface area contributed by atoms with E-state index in [1.54, 1.807) is 36.4 Å². The molecule has 0 radical (unpaired) electrons. The normalized spacial score (nSPS) is 15.6. The molecule has 35 heavy (non-hydrogen) atoms. The van der Waals surface area contributed by atoms with Gasteiger partial charge in [0.2, 0.25) is 11.8 Å². The van der Waals surface area contributed by atoms with E-state index in [4.69, 9.17) is 23.2 Å². The topological polar surface area (TPSA) is 107 Å². The SMILES string of the molecule is O=C(CN1CCCCC1)Nc1ccc2c(c1)=C(c1sc(Nc3cccc(Cl)c3Cl)nc1O)C(=O)N=2. The Labute approximate surface area is 214 Å². The van der Waals surface area contributed by atoms with Crippen molar-refractivity contribution in [2.45, 2.75) is 19.3 Å². The Morgan fingerprint density at radius 1 is 1.14 bits per heavy atom. The van der Waals surface area contributed by atoms with Gasteiger partial charge in [-0.05, 0) is 56.3 Å². The third kappa shape index (κ3) is 5.04. The van der Waals surface area contributed by atoms with E-state index in [0.29, 0.717) is 43.7 Å². The number of halogens is 2. The number of piperidine rings is 1. The molecule has 0 atom stereocenters. The fourth-order valence-electron chi connectivity index (χ4n) is 4.18. The van der Waals surface area contributed by atoms with Crippen LogP contribution in [0.25, 0.3) is 5.57 Å². The maximum Gasteiger partial charge on any atom is 0.279 e. The monoisotopic (exact) mass is 529 g/mol. The van der Waals surface area contributed by atoms with Crippen LogP contribution in [0.2, 0.25) is 10.0 Å². The minimum absolute atomic E-state index is 0.111. The predicted molar refractivity (Wildman–Crippen MR) is 137 cm³/mol. The van der Waals surface area contributed by atoms with E-state index in [1.807, 2.05) is 0 Å². The van der Waals surface area contributed by atoms with Crippen LogP contribution in [0.4, 0.5) is 16.5 Å². The summed E-state index contributed by atoms with van der Waals surface area (Å²) in [4.78, 5) is 36.0. The molecule has 8 nitrogen and oxygen atoms in total. The lowest BCUT2D eigenvalue weighted by Gasteiger charge is -2.25. The average Bonchev–Trinajstić information content (AvgIpc) is 3.34. The Kier molecular flexibility index (Phi) is 6.75. The summed E-state index contributed by atoms with van der Waals surface area (Å²) >= 11 is 13.4. The number of carbonyl (C=O) groups excluding carboxylic acids is 2. The van der Waals surface area contributed by atoms with Gasteiger partial charge in [0.1, 0.15) is 4.88 Å². The number of anilines is 3. The minimum atomic E-state index is -0.483. The third-order valence-electron chi connectivity index (χ3n) is 5.83. The lowest BCUT2D eigenvalue weighted by Crippen LogP contribution is -2.37. The molecule has 3 N–H and O–H groups in total. The highest BCUT2D eigenvalue weighted by Gasteiger charge is 2.25. The second kappa shape index (κ2) is 9.94. The number of fused-ring (bicyclic) bond motifs is 1. The molecule has 2 aliphatic heterocycles. The van der Waals surface area contributed by atoms with Crippen molar-refractivity contribution in [2.24, 2.45) is 4.99 Å². The van der Waals surface area contributed by atoms with Crippen molar-refractivity contribution in [1.29, 1.82) is 0 Å². The smallest absolute Gasteiger partial charge is 0.279 e. The number of benzene rings is 2. The van der Waals surface area contributed by atoms with Crippen LogP contribution in [-0.4, -0.2) is 46.4 Å². The van der Waals surface area contributed by atoms with Crippen LogP contribution in [-0.2, 0) is 9.59 Å². The molecule has 0 unspecified atom stereocenters. The first kappa shape index (κ1) is 23.7. The first-order valence-electron chi connectivity index (χ1n) is 11.1. The van der Waals surface area contributed by atoms with Gasteiger partial charge in [0.05, 0.1) is 33.2 Å². The summed E-state index contributed by atoms with van der Waals surface area (Å²) in [7, 11) is 0. The predicted octanol–water partition coefficient (Wildman–Crippen LogP) is 3.68. The summed E-state index contributed by atoms with van der Waals surface area (Å²) in [6.45, 7) is 2.17. The fourth-order valence-corrected chi connectivity index (χ4v) is 5.45. The van der Waals surface area contributed by atoms with Gasteiger partial charge in [0.15, 0.2) is 5.13 Å². The zero-order valence-corrected chi connectivity index (χ0v) is 20.8. The number of likely N-dealkylation sites (tertiary alicyclic amines) is 1. The molecule has 0 aliphatic carbocycles. The molecule has 1 aromatic heterocycles. The highest BCUT2D eigenvalue weighted by Crippen LogP contribution is 2.38. The second-order valence-electron chi connectivity index (χ2n) is 8.31. The fraction of sp³-hybridized carbons (Fsp3) is 0.250. The van der Waals surface area contributed by atoms with E-state index >= 15 is 0 Å². The van der Waals surface area contributed by atoms with Gasteiger partial charge in [0, 0.05) is 10.9 Å². The number of nitrogens with one attached hydrogen (secondary N) is 2. The first-order chi connectivity index (χ1) is 16.9. The van der Waals surface area contributed by atoms with Crippen molar-refractivity contribution in [2.75, 3.05) is 30.3 Å². The van der Waals surface area contributed by atoms with Crippen LogP contribution in [0.15, 0.2) is 41.4 Å². The van der Waals surface area contributed by atoms with Crippen molar-refractivity contribution < 1.29 is 14.7 Å². The molecule has 3 aromatic rings. The summed E-state index contributed by atoms with van der Waals surface area (Å²) in [5.74, 6) is -0.898. The Morgan fingerprint density at radius 3 is 2.74 bits per heavy atom. The molecule has 1 fully saturated rings. The first-order valence-corrected chi connectivity index (χ1v) is 12.7. The molecule has 2 aromatic carbocycles. The van der Waals surface area contributed by atoms with Gasteiger partial charge < -0.3 is 15.7 Å². The van der Waals surface area contributed by atoms with E-state index < -0.39 is 5.91 Å². The summed E-state index contributed by atoms with van der Waals surface area (Å²) in [5, 5.41) is 18.5. The van der Waals surface area contributed by atoms with Crippen molar-refractivity contribution in [3.8, 4) is 5.88 Å². The van der Waals surface area contributed by atoms with E-state index in [9.17, 15) is 14.7 Å². The van der Waals surface area contributed by atoms with E-state index in [2.05, 4.69) is 25.5 Å². The number of aromatic nitrogens is 1. The highest BCUT2D eigenvalue weighted by molar-refractivity contribution is 7.17. The van der Waals surface area contributed by atoms with Crippen LogP contribution in [0.5, 0.6) is 5.88 Å². The largest absolute Gasteiger partial charge is 0.492 e. The van der Waals surface area contributed by atoms with Gasteiger partial charge in [-0.25, -0.2) is 4.99 Å². The van der Waals surface area contributed by atoms with Crippen molar-refractivity contribution in [3.05, 3.63) is 61.9 Å². The number of nitrogens with zero attached hydrogens (tertiary/aromatic N) is 3. The van der Waals surface area contributed by atoms with Gasteiger partial charge in [-0.1, -0.05) is 47.0 Å². The zero-order valence-electron chi connectivity index (χ0n) is 18.5. The number of carbonyl (C=O) groups is 2. The summed E-state index contributed by atoms with van der Waals surface area (Å²) < 4.78 is 0. The molecule has 0 spiro atoms. The Balaban J connectivity index is 1.43. The molecule has 0 bridgehead atoms. The number of aromatic hydroxyl groups is 1. The summed E-state index contributed by atoms with van der Waals surface area (Å²) in [6.07, 6.45) is 3.41. The number of hydrogen-bond acceptors (Lipinski definition) is 7. The van der Waals surface area contributed by atoms with Gasteiger partial charge in [-0.3, -0.25) is 14.5 Å². The molecule has 5 rings (SSSR count). The van der Waals surface area contributed by atoms with E-state index in [0.717, 1.165) is 37.3 Å².